The maximum absolute atomic E-state index is 12.9. The molecule has 3 aromatic carbocycles. The Bertz CT molecular complexity index is 2110. The highest BCUT2D eigenvalue weighted by Crippen LogP contribution is 2.19. The summed E-state index contributed by atoms with van der Waals surface area (Å²) in [6.07, 6.45) is 29.1. The number of rotatable bonds is 44. The van der Waals surface area contributed by atoms with Crippen LogP contribution in [-0.2, 0) is 57.2 Å². The number of ether oxygens (including phenoxy) is 9. The van der Waals surface area contributed by atoms with Gasteiger partial charge in [-0.05, 0) is 110 Å². The van der Waals surface area contributed by atoms with Crippen molar-refractivity contribution in [1.29, 1.82) is 0 Å². The van der Waals surface area contributed by atoms with Crippen LogP contribution in [0, 0.1) is 0 Å². The minimum absolute atomic E-state index is 0.173. The predicted octanol–water partition coefficient (Wildman–Crippen LogP) is 13.1. The number of esters is 6. The van der Waals surface area contributed by atoms with Crippen molar-refractivity contribution in [3.8, 4) is 17.2 Å². The average Bonchev–Trinajstić information content (AvgIpc) is 3.46. The van der Waals surface area contributed by atoms with Crippen molar-refractivity contribution in [1.82, 2.24) is 0 Å². The second-order valence-electron chi connectivity index (χ2n) is 19.0. The predicted molar refractivity (Wildman–Crippen MR) is 302 cm³/mol. The van der Waals surface area contributed by atoms with Crippen LogP contribution in [0.15, 0.2) is 91.0 Å². The van der Waals surface area contributed by atoms with Crippen molar-refractivity contribution in [3.05, 3.63) is 108 Å². The van der Waals surface area contributed by atoms with Crippen LogP contribution in [0.4, 0.5) is 0 Å². The summed E-state index contributed by atoms with van der Waals surface area (Å²) >= 11 is 0. The number of carbonyl (C=O) groups is 6. The van der Waals surface area contributed by atoms with E-state index in [4.69, 9.17) is 28.4 Å². The van der Waals surface area contributed by atoms with E-state index in [0.717, 1.165) is 150 Å². The normalized spacial score (nSPS) is 11.2. The summed E-state index contributed by atoms with van der Waals surface area (Å²) in [5.41, 5.74) is 2.65. The standard InChI is InChI=1S/C63H86O15/c1-70-58(64)43-34-51-28-37-54(38-29-51)73-46-22-16-10-4-7-13-19-25-61(67)76-49-57(78-63(69)27-21-15-9-6-12-18-24-48-75-56-41-32-53(33-42-56)36-45-60(66)72-3)50-77-62(68)26-20-14-8-5-11-17-23-47-74-55-39-30-52(31-40-55)35-44-59(65)71-2/h28-45,57H,4-27,46-50H2,1-3H3/b43-34+,44-35+,45-36+. The zero-order chi connectivity index (χ0) is 56.1. The molecule has 0 N–H and O–H groups in total. The number of unbranched alkanes of at least 4 members (excludes halogenated alkanes) is 18. The molecule has 0 radical (unpaired) electrons. The molecule has 0 saturated carbocycles. The van der Waals surface area contributed by atoms with Gasteiger partial charge in [0.15, 0.2) is 6.10 Å². The Morgan fingerprint density at radius 2 is 0.603 bits per heavy atom. The van der Waals surface area contributed by atoms with Gasteiger partial charge in [-0.25, -0.2) is 14.4 Å². The summed E-state index contributed by atoms with van der Waals surface area (Å²) in [4.78, 5) is 72.3. The fourth-order valence-corrected chi connectivity index (χ4v) is 7.94. The van der Waals surface area contributed by atoms with Crippen LogP contribution in [0.2, 0.25) is 0 Å². The van der Waals surface area contributed by atoms with Crippen molar-refractivity contribution in [2.75, 3.05) is 54.4 Å². The van der Waals surface area contributed by atoms with Gasteiger partial charge in [0.1, 0.15) is 30.5 Å². The first-order valence-corrected chi connectivity index (χ1v) is 28.0. The largest absolute Gasteiger partial charge is 0.494 e. The van der Waals surface area contributed by atoms with E-state index in [1.807, 2.05) is 72.8 Å². The van der Waals surface area contributed by atoms with Crippen molar-refractivity contribution >= 4 is 54.0 Å². The van der Waals surface area contributed by atoms with Gasteiger partial charge in [0.05, 0.1) is 41.2 Å². The lowest BCUT2D eigenvalue weighted by atomic mass is 10.1. The summed E-state index contributed by atoms with van der Waals surface area (Å²) in [7, 11) is 4.03. The molecule has 0 aromatic heterocycles. The van der Waals surface area contributed by atoms with Crippen LogP contribution in [0.25, 0.3) is 18.2 Å². The van der Waals surface area contributed by atoms with Gasteiger partial charge < -0.3 is 42.6 Å². The Morgan fingerprint density at radius 3 is 0.885 bits per heavy atom. The first-order chi connectivity index (χ1) is 38.1. The molecule has 78 heavy (non-hydrogen) atoms. The van der Waals surface area contributed by atoms with Crippen LogP contribution >= 0.6 is 0 Å². The van der Waals surface area contributed by atoms with E-state index in [0.29, 0.717) is 39.1 Å². The highest BCUT2D eigenvalue weighted by molar-refractivity contribution is 5.88. The molecular formula is C63H86O15. The average molecular weight is 1080 g/mol. The first-order valence-electron chi connectivity index (χ1n) is 28.0. The Hall–Kier alpha value is -6.90. The smallest absolute Gasteiger partial charge is 0.330 e. The minimum atomic E-state index is -0.883. The lowest BCUT2D eigenvalue weighted by molar-refractivity contribution is -0.167. The summed E-state index contributed by atoms with van der Waals surface area (Å²) < 4.78 is 48.2. The number of hydrogen-bond acceptors (Lipinski definition) is 15. The molecule has 0 atom stereocenters. The third kappa shape index (κ3) is 34.0. The van der Waals surface area contributed by atoms with Gasteiger partial charge >= 0.3 is 35.8 Å². The molecule has 0 heterocycles. The molecule has 428 valence electrons. The molecule has 15 nitrogen and oxygen atoms in total. The third-order valence-corrected chi connectivity index (χ3v) is 12.5. The first kappa shape index (κ1) is 65.4. The van der Waals surface area contributed by atoms with Crippen molar-refractivity contribution in [3.63, 3.8) is 0 Å². The Labute approximate surface area is 463 Å². The van der Waals surface area contributed by atoms with Crippen LogP contribution in [-0.4, -0.2) is 96.3 Å². The van der Waals surface area contributed by atoms with E-state index in [2.05, 4.69) is 14.2 Å². The van der Waals surface area contributed by atoms with Crippen LogP contribution in [0.1, 0.15) is 171 Å². The second kappa shape index (κ2) is 43.1. The summed E-state index contributed by atoms with van der Waals surface area (Å²) in [5.74, 6) is -0.0109. The van der Waals surface area contributed by atoms with E-state index in [9.17, 15) is 28.8 Å². The van der Waals surface area contributed by atoms with E-state index in [1.165, 1.54) is 39.6 Å². The summed E-state index contributed by atoms with van der Waals surface area (Å²) in [6.45, 7) is 1.52. The minimum Gasteiger partial charge on any atom is -0.494 e. The van der Waals surface area contributed by atoms with Gasteiger partial charge in [-0.3, -0.25) is 14.4 Å². The van der Waals surface area contributed by atoms with Crippen LogP contribution < -0.4 is 14.2 Å². The van der Waals surface area contributed by atoms with E-state index in [1.54, 1.807) is 18.2 Å². The zero-order valence-electron chi connectivity index (χ0n) is 46.6. The number of carbonyl (C=O) groups excluding carboxylic acids is 6. The van der Waals surface area contributed by atoms with E-state index in [-0.39, 0.29) is 44.4 Å². The fourth-order valence-electron chi connectivity index (χ4n) is 7.94. The number of methoxy groups -OCH3 is 3. The maximum atomic E-state index is 12.9. The molecule has 0 aliphatic heterocycles. The lowest BCUT2D eigenvalue weighted by Gasteiger charge is -2.18. The molecule has 3 rings (SSSR count). The van der Waals surface area contributed by atoms with Gasteiger partial charge in [0, 0.05) is 37.5 Å². The van der Waals surface area contributed by atoms with Gasteiger partial charge in [-0.1, -0.05) is 133 Å². The van der Waals surface area contributed by atoms with E-state index < -0.39 is 30.0 Å². The van der Waals surface area contributed by atoms with Crippen molar-refractivity contribution < 1.29 is 71.4 Å². The Kier molecular flexibility index (Phi) is 36.1. The van der Waals surface area contributed by atoms with Crippen LogP contribution in [0.3, 0.4) is 0 Å². The summed E-state index contributed by atoms with van der Waals surface area (Å²) in [6, 6.07) is 22.6. The van der Waals surface area contributed by atoms with Gasteiger partial charge in [-0.2, -0.15) is 0 Å². The molecule has 0 saturated heterocycles. The van der Waals surface area contributed by atoms with Gasteiger partial charge in [-0.15, -0.1) is 0 Å². The molecule has 3 aromatic rings. The molecule has 0 amide bonds. The highest BCUT2D eigenvalue weighted by atomic mass is 16.6. The zero-order valence-corrected chi connectivity index (χ0v) is 46.6. The van der Waals surface area contributed by atoms with E-state index >= 15 is 0 Å². The molecular weight excluding hydrogens is 997 g/mol. The molecule has 15 heteroatoms. The third-order valence-electron chi connectivity index (χ3n) is 12.5. The summed E-state index contributed by atoms with van der Waals surface area (Å²) in [5, 5.41) is 0. The molecule has 0 spiro atoms. The molecule has 0 fully saturated rings. The number of benzene rings is 3. The van der Waals surface area contributed by atoms with Crippen molar-refractivity contribution in [2.45, 2.75) is 160 Å². The number of hydrogen-bond donors (Lipinski definition) is 0. The SMILES string of the molecule is COC(=O)/C=C/c1ccc(OCCCCCCCCCC(=O)OCC(COC(=O)CCCCCCCCCOc2ccc(/C=C/C(=O)OC)cc2)OC(=O)CCCCCCCCCOc2ccc(/C=C/C(=O)OC)cc2)cc1. The highest BCUT2D eigenvalue weighted by Gasteiger charge is 2.20. The topological polar surface area (TPSA) is 185 Å². The lowest BCUT2D eigenvalue weighted by Crippen LogP contribution is -2.30. The Balaban J connectivity index is 1.27. The molecule has 0 aliphatic rings. The Morgan fingerprint density at radius 1 is 0.346 bits per heavy atom. The van der Waals surface area contributed by atoms with Gasteiger partial charge in [0.25, 0.3) is 0 Å². The quantitative estimate of drug-likeness (QED) is 0.0225. The monoisotopic (exact) mass is 1080 g/mol. The molecule has 0 unspecified atom stereocenters. The van der Waals surface area contributed by atoms with Crippen LogP contribution in [0.5, 0.6) is 17.2 Å². The fraction of sp³-hybridized carbons (Fsp3) is 0.524. The maximum Gasteiger partial charge on any atom is 0.330 e. The second-order valence-corrected chi connectivity index (χ2v) is 19.0. The van der Waals surface area contributed by atoms with Crippen molar-refractivity contribution in [2.24, 2.45) is 0 Å². The van der Waals surface area contributed by atoms with Gasteiger partial charge in [0.2, 0.25) is 0 Å². The molecule has 0 aliphatic carbocycles. The molecule has 0 bridgehead atoms.